The van der Waals surface area contributed by atoms with Crippen molar-refractivity contribution in [1.29, 1.82) is 0 Å². The Labute approximate surface area is 108 Å². The molecule has 1 aromatic carbocycles. The van der Waals surface area contributed by atoms with Crippen molar-refractivity contribution in [3.8, 4) is 5.75 Å². The van der Waals surface area contributed by atoms with Gasteiger partial charge in [0.1, 0.15) is 12.4 Å². The van der Waals surface area contributed by atoms with Gasteiger partial charge in [-0.25, -0.2) is 0 Å². The third-order valence-electron chi connectivity index (χ3n) is 3.25. The second-order valence-corrected chi connectivity index (χ2v) is 4.55. The molecule has 0 atom stereocenters. The molecule has 2 rings (SSSR count). The second-order valence-electron chi connectivity index (χ2n) is 4.55. The highest BCUT2D eigenvalue weighted by molar-refractivity contribution is 5.94. The second kappa shape index (κ2) is 5.87. The number of fused-ring (bicyclic) bond motifs is 1. The molecule has 4 heteroatoms. The largest absolute Gasteiger partial charge is 0.492 e. The average molecular weight is 248 g/mol. The normalized spacial score (nSPS) is 15.2. The average Bonchev–Trinajstić information content (AvgIpc) is 2.51. The molecule has 0 fully saturated rings. The summed E-state index contributed by atoms with van der Waals surface area (Å²) in [6.07, 6.45) is 2.51. The molecule has 0 spiro atoms. The highest BCUT2D eigenvalue weighted by Crippen LogP contribution is 2.29. The van der Waals surface area contributed by atoms with E-state index in [9.17, 15) is 4.79 Å². The van der Waals surface area contributed by atoms with Gasteiger partial charge in [0.2, 0.25) is 5.91 Å². The van der Waals surface area contributed by atoms with E-state index in [2.05, 4.69) is 11.4 Å². The van der Waals surface area contributed by atoms with Crippen LogP contribution < -0.4 is 15.0 Å². The van der Waals surface area contributed by atoms with Gasteiger partial charge in [0.25, 0.3) is 0 Å². The predicted molar refractivity (Wildman–Crippen MR) is 72.2 cm³/mol. The zero-order chi connectivity index (χ0) is 13.0. The molecule has 0 aliphatic carbocycles. The Hall–Kier alpha value is -1.55. The Morgan fingerprint density at radius 3 is 3.00 bits per heavy atom. The summed E-state index contributed by atoms with van der Waals surface area (Å²) in [5.41, 5.74) is 2.21. The van der Waals surface area contributed by atoms with Gasteiger partial charge in [0.15, 0.2) is 0 Å². The van der Waals surface area contributed by atoms with E-state index in [0.29, 0.717) is 13.0 Å². The molecule has 0 bridgehead atoms. The van der Waals surface area contributed by atoms with Crippen molar-refractivity contribution in [3.05, 3.63) is 23.8 Å². The Kier molecular flexibility index (Phi) is 4.20. The molecule has 1 N–H and O–H groups in total. The van der Waals surface area contributed by atoms with Crippen LogP contribution in [0.5, 0.6) is 5.75 Å². The number of likely N-dealkylation sites (N-methyl/N-ethyl adjacent to an activating group) is 1. The molecule has 4 nitrogen and oxygen atoms in total. The lowest BCUT2D eigenvalue weighted by Gasteiger charge is -2.18. The zero-order valence-corrected chi connectivity index (χ0v) is 11.0. The van der Waals surface area contributed by atoms with Crippen LogP contribution in [0.15, 0.2) is 18.2 Å². The fourth-order valence-electron chi connectivity index (χ4n) is 2.16. The first kappa shape index (κ1) is 12.9. The van der Waals surface area contributed by atoms with Gasteiger partial charge in [-0.2, -0.15) is 0 Å². The van der Waals surface area contributed by atoms with E-state index in [1.807, 2.05) is 26.2 Å². The molecule has 0 saturated carbocycles. The Morgan fingerprint density at radius 1 is 1.39 bits per heavy atom. The number of aryl methyl sites for hydroxylation is 1. The van der Waals surface area contributed by atoms with Crippen molar-refractivity contribution in [2.45, 2.75) is 19.3 Å². The standard InChI is InChI=1S/C14H20N2O2/c1-15-8-9-18-12-7-6-11-4-3-5-14(17)16(2)13(11)10-12/h6-7,10,15H,3-5,8-9H2,1-2H3. The predicted octanol–water partition coefficient (Wildman–Crippen LogP) is 1.58. The maximum atomic E-state index is 11.8. The van der Waals surface area contributed by atoms with Crippen molar-refractivity contribution in [3.63, 3.8) is 0 Å². The SMILES string of the molecule is CNCCOc1ccc2c(c1)N(C)C(=O)CCC2. The summed E-state index contributed by atoms with van der Waals surface area (Å²) < 4.78 is 5.64. The number of amides is 1. The van der Waals surface area contributed by atoms with Crippen molar-refractivity contribution >= 4 is 11.6 Å². The van der Waals surface area contributed by atoms with E-state index in [-0.39, 0.29) is 5.91 Å². The maximum Gasteiger partial charge on any atom is 0.226 e. The van der Waals surface area contributed by atoms with E-state index in [1.165, 1.54) is 5.56 Å². The highest BCUT2D eigenvalue weighted by Gasteiger charge is 2.19. The summed E-state index contributed by atoms with van der Waals surface area (Å²) in [4.78, 5) is 13.6. The highest BCUT2D eigenvalue weighted by atomic mass is 16.5. The van der Waals surface area contributed by atoms with Gasteiger partial charge < -0.3 is 15.0 Å². The minimum absolute atomic E-state index is 0.182. The molecule has 98 valence electrons. The molecule has 0 aromatic heterocycles. The van der Waals surface area contributed by atoms with Crippen LogP contribution in [0.1, 0.15) is 18.4 Å². The Bertz CT molecular complexity index is 432. The number of carbonyl (C=O) groups excluding carboxylic acids is 1. The van der Waals surface area contributed by atoms with Gasteiger partial charge in [-0.3, -0.25) is 4.79 Å². The van der Waals surface area contributed by atoms with Gasteiger partial charge in [0, 0.05) is 26.1 Å². The minimum atomic E-state index is 0.182. The van der Waals surface area contributed by atoms with E-state index in [4.69, 9.17) is 4.74 Å². The van der Waals surface area contributed by atoms with E-state index >= 15 is 0 Å². The van der Waals surface area contributed by atoms with Crippen LogP contribution >= 0.6 is 0 Å². The Morgan fingerprint density at radius 2 is 2.22 bits per heavy atom. The molecule has 18 heavy (non-hydrogen) atoms. The fourth-order valence-corrected chi connectivity index (χ4v) is 2.16. The van der Waals surface area contributed by atoms with Gasteiger partial charge in [-0.15, -0.1) is 0 Å². The third kappa shape index (κ3) is 2.82. The lowest BCUT2D eigenvalue weighted by Crippen LogP contribution is -2.25. The van der Waals surface area contributed by atoms with Crippen LogP contribution in [0, 0.1) is 0 Å². The summed E-state index contributed by atoms with van der Waals surface area (Å²) in [6.45, 7) is 1.44. The molecule has 1 amide bonds. The summed E-state index contributed by atoms with van der Waals surface area (Å²) in [6, 6.07) is 6.02. The number of ether oxygens (including phenoxy) is 1. The smallest absolute Gasteiger partial charge is 0.226 e. The molecule has 1 aliphatic heterocycles. The fraction of sp³-hybridized carbons (Fsp3) is 0.500. The molecule has 1 heterocycles. The van der Waals surface area contributed by atoms with Crippen molar-refractivity contribution in [2.24, 2.45) is 0 Å². The molecule has 0 unspecified atom stereocenters. The van der Waals surface area contributed by atoms with Crippen LogP contribution in [-0.4, -0.2) is 33.2 Å². The summed E-state index contributed by atoms with van der Waals surface area (Å²) >= 11 is 0. The minimum Gasteiger partial charge on any atom is -0.492 e. The van der Waals surface area contributed by atoms with Gasteiger partial charge in [-0.05, 0) is 31.5 Å². The van der Waals surface area contributed by atoms with Crippen molar-refractivity contribution in [2.75, 3.05) is 32.1 Å². The van der Waals surface area contributed by atoms with Gasteiger partial charge in [0.05, 0.1) is 5.69 Å². The van der Waals surface area contributed by atoms with Crippen molar-refractivity contribution in [1.82, 2.24) is 5.32 Å². The number of nitrogens with zero attached hydrogens (tertiary/aromatic N) is 1. The molecule has 1 aromatic rings. The number of hydrogen-bond acceptors (Lipinski definition) is 3. The first-order chi connectivity index (χ1) is 8.72. The number of hydrogen-bond donors (Lipinski definition) is 1. The van der Waals surface area contributed by atoms with Crippen LogP contribution in [0.4, 0.5) is 5.69 Å². The molecular weight excluding hydrogens is 228 g/mol. The van der Waals surface area contributed by atoms with Gasteiger partial charge >= 0.3 is 0 Å². The lowest BCUT2D eigenvalue weighted by molar-refractivity contribution is -0.118. The molecule has 0 saturated heterocycles. The summed E-state index contributed by atoms with van der Waals surface area (Å²) in [7, 11) is 3.73. The monoisotopic (exact) mass is 248 g/mol. The number of anilines is 1. The third-order valence-corrected chi connectivity index (χ3v) is 3.25. The van der Waals surface area contributed by atoms with Gasteiger partial charge in [-0.1, -0.05) is 6.07 Å². The number of nitrogens with one attached hydrogen (secondary N) is 1. The topological polar surface area (TPSA) is 41.6 Å². The van der Waals surface area contributed by atoms with E-state index < -0.39 is 0 Å². The van der Waals surface area contributed by atoms with E-state index in [0.717, 1.165) is 30.8 Å². The maximum absolute atomic E-state index is 11.8. The molecular formula is C14H20N2O2. The first-order valence-corrected chi connectivity index (χ1v) is 6.39. The summed E-state index contributed by atoms with van der Waals surface area (Å²) in [5, 5.41) is 3.04. The number of carbonyl (C=O) groups is 1. The van der Waals surface area contributed by atoms with Crippen molar-refractivity contribution < 1.29 is 9.53 Å². The quantitative estimate of drug-likeness (QED) is 0.823. The first-order valence-electron chi connectivity index (χ1n) is 6.39. The molecule has 0 radical (unpaired) electrons. The molecule has 1 aliphatic rings. The van der Waals surface area contributed by atoms with Crippen LogP contribution in [0.2, 0.25) is 0 Å². The summed E-state index contributed by atoms with van der Waals surface area (Å²) in [5.74, 6) is 1.01. The van der Waals surface area contributed by atoms with Crippen LogP contribution in [0.3, 0.4) is 0 Å². The number of rotatable bonds is 4. The van der Waals surface area contributed by atoms with Crippen LogP contribution in [-0.2, 0) is 11.2 Å². The van der Waals surface area contributed by atoms with Crippen LogP contribution in [0.25, 0.3) is 0 Å². The Balaban J connectivity index is 2.18. The van der Waals surface area contributed by atoms with E-state index in [1.54, 1.807) is 4.90 Å². The number of benzene rings is 1. The lowest BCUT2D eigenvalue weighted by atomic mass is 10.1. The zero-order valence-electron chi connectivity index (χ0n) is 11.0.